The molecule has 21 heavy (non-hydrogen) atoms. The zero-order valence-corrected chi connectivity index (χ0v) is 11.7. The summed E-state index contributed by atoms with van der Waals surface area (Å²) in [6.07, 6.45) is 2.46. The SMILES string of the molecule is CC(C(=O)O)c1ccc(NC(=O)CCc2ccco2)cc1. The summed E-state index contributed by atoms with van der Waals surface area (Å²) >= 11 is 0. The first-order valence-corrected chi connectivity index (χ1v) is 6.71. The van der Waals surface area contributed by atoms with Crippen molar-refractivity contribution in [3.63, 3.8) is 0 Å². The molecule has 1 heterocycles. The third-order valence-electron chi connectivity index (χ3n) is 3.24. The molecular formula is C16H17NO4. The van der Waals surface area contributed by atoms with Crippen LogP contribution in [0.2, 0.25) is 0 Å². The summed E-state index contributed by atoms with van der Waals surface area (Å²) in [6.45, 7) is 1.62. The first-order valence-electron chi connectivity index (χ1n) is 6.71. The van der Waals surface area contributed by atoms with Crippen LogP contribution in [0, 0.1) is 0 Å². The maximum absolute atomic E-state index is 11.8. The van der Waals surface area contributed by atoms with Gasteiger partial charge in [0.25, 0.3) is 0 Å². The number of anilines is 1. The van der Waals surface area contributed by atoms with Crippen LogP contribution in [0.5, 0.6) is 0 Å². The van der Waals surface area contributed by atoms with Gasteiger partial charge < -0.3 is 14.8 Å². The molecule has 0 radical (unpaired) electrons. The van der Waals surface area contributed by atoms with Crippen LogP contribution in [0.4, 0.5) is 5.69 Å². The largest absolute Gasteiger partial charge is 0.481 e. The Labute approximate surface area is 122 Å². The lowest BCUT2D eigenvalue weighted by atomic mass is 10.0. The molecule has 1 amide bonds. The van der Waals surface area contributed by atoms with Crippen molar-refractivity contribution in [3.05, 3.63) is 54.0 Å². The first-order chi connectivity index (χ1) is 10.1. The molecule has 5 nitrogen and oxygen atoms in total. The molecule has 0 saturated heterocycles. The number of nitrogens with one attached hydrogen (secondary N) is 1. The smallest absolute Gasteiger partial charge is 0.310 e. The Morgan fingerprint density at radius 1 is 1.24 bits per heavy atom. The predicted octanol–water partition coefficient (Wildman–Crippen LogP) is 3.04. The van der Waals surface area contributed by atoms with Crippen LogP contribution in [-0.4, -0.2) is 17.0 Å². The van der Waals surface area contributed by atoms with Crippen LogP contribution < -0.4 is 5.32 Å². The van der Waals surface area contributed by atoms with E-state index in [0.29, 0.717) is 24.1 Å². The number of rotatable bonds is 6. The second-order valence-corrected chi connectivity index (χ2v) is 4.81. The first kappa shape index (κ1) is 14.8. The summed E-state index contributed by atoms with van der Waals surface area (Å²) in [5.41, 5.74) is 1.36. The Morgan fingerprint density at radius 2 is 1.95 bits per heavy atom. The fourth-order valence-electron chi connectivity index (χ4n) is 1.91. The molecule has 2 rings (SSSR count). The molecule has 2 N–H and O–H groups in total. The van der Waals surface area contributed by atoms with Gasteiger partial charge in [-0.3, -0.25) is 9.59 Å². The van der Waals surface area contributed by atoms with Crippen molar-refractivity contribution >= 4 is 17.6 Å². The Hall–Kier alpha value is -2.56. The minimum atomic E-state index is -0.870. The maximum Gasteiger partial charge on any atom is 0.310 e. The summed E-state index contributed by atoms with van der Waals surface area (Å²) in [5, 5.41) is 11.7. The van der Waals surface area contributed by atoms with E-state index in [1.165, 1.54) is 0 Å². The van der Waals surface area contributed by atoms with Crippen molar-refractivity contribution in [3.8, 4) is 0 Å². The van der Waals surface area contributed by atoms with Crippen molar-refractivity contribution in [2.24, 2.45) is 0 Å². The van der Waals surface area contributed by atoms with Crippen LogP contribution in [0.25, 0.3) is 0 Å². The standard InChI is InChI=1S/C16H17NO4/c1-11(16(19)20)12-4-6-13(7-5-12)17-15(18)9-8-14-3-2-10-21-14/h2-7,10-11H,8-9H2,1H3,(H,17,18)(H,19,20). The lowest BCUT2D eigenvalue weighted by molar-refractivity contribution is -0.138. The molecule has 1 unspecified atom stereocenters. The van der Waals surface area contributed by atoms with Crippen LogP contribution in [-0.2, 0) is 16.0 Å². The molecule has 1 atom stereocenters. The third-order valence-corrected chi connectivity index (χ3v) is 3.24. The van der Waals surface area contributed by atoms with Gasteiger partial charge in [0.2, 0.25) is 5.91 Å². The van der Waals surface area contributed by atoms with Crippen LogP contribution in [0.3, 0.4) is 0 Å². The van der Waals surface area contributed by atoms with Crippen molar-refractivity contribution in [1.82, 2.24) is 0 Å². The van der Waals surface area contributed by atoms with E-state index in [2.05, 4.69) is 5.32 Å². The molecule has 2 aromatic rings. The van der Waals surface area contributed by atoms with Crippen molar-refractivity contribution in [2.45, 2.75) is 25.7 Å². The zero-order valence-electron chi connectivity index (χ0n) is 11.7. The van der Waals surface area contributed by atoms with Gasteiger partial charge in [0.05, 0.1) is 12.2 Å². The van der Waals surface area contributed by atoms with Gasteiger partial charge in [0, 0.05) is 18.5 Å². The number of furan rings is 1. The van der Waals surface area contributed by atoms with Gasteiger partial charge in [-0.1, -0.05) is 12.1 Å². The summed E-state index contributed by atoms with van der Waals surface area (Å²) in [6, 6.07) is 10.5. The maximum atomic E-state index is 11.8. The Kier molecular flexibility index (Phi) is 4.77. The molecule has 5 heteroatoms. The second kappa shape index (κ2) is 6.74. The van der Waals surface area contributed by atoms with Gasteiger partial charge in [0.15, 0.2) is 0 Å². The highest BCUT2D eigenvalue weighted by atomic mass is 16.4. The number of hydrogen-bond donors (Lipinski definition) is 2. The summed E-state index contributed by atoms with van der Waals surface area (Å²) in [5.74, 6) is -0.764. The van der Waals surface area contributed by atoms with E-state index in [-0.39, 0.29) is 5.91 Å². The number of carbonyl (C=O) groups excluding carboxylic acids is 1. The molecule has 0 fully saturated rings. The zero-order chi connectivity index (χ0) is 15.2. The fourth-order valence-corrected chi connectivity index (χ4v) is 1.91. The van der Waals surface area contributed by atoms with Gasteiger partial charge in [-0.15, -0.1) is 0 Å². The number of hydrogen-bond acceptors (Lipinski definition) is 3. The molecule has 0 aliphatic rings. The topological polar surface area (TPSA) is 79.5 Å². The van der Waals surface area contributed by atoms with E-state index in [1.807, 2.05) is 6.07 Å². The summed E-state index contributed by atoms with van der Waals surface area (Å²) in [7, 11) is 0. The normalized spacial score (nSPS) is 11.9. The third kappa shape index (κ3) is 4.21. The number of benzene rings is 1. The highest BCUT2D eigenvalue weighted by Crippen LogP contribution is 2.18. The molecule has 0 spiro atoms. The van der Waals surface area contributed by atoms with Gasteiger partial charge in [-0.25, -0.2) is 0 Å². The van der Waals surface area contributed by atoms with E-state index in [9.17, 15) is 9.59 Å². The Balaban J connectivity index is 1.88. The Bertz CT molecular complexity index is 602. The second-order valence-electron chi connectivity index (χ2n) is 4.81. The monoisotopic (exact) mass is 287 g/mol. The molecule has 1 aromatic carbocycles. The number of amides is 1. The average molecular weight is 287 g/mol. The molecule has 0 aliphatic heterocycles. The fraction of sp³-hybridized carbons (Fsp3) is 0.250. The van der Waals surface area contributed by atoms with Gasteiger partial charge in [-0.2, -0.15) is 0 Å². The average Bonchev–Trinajstić information content (AvgIpc) is 2.98. The van der Waals surface area contributed by atoms with E-state index < -0.39 is 11.9 Å². The number of aryl methyl sites for hydroxylation is 1. The van der Waals surface area contributed by atoms with Crippen LogP contribution in [0.15, 0.2) is 47.1 Å². The number of carbonyl (C=O) groups is 2. The molecule has 110 valence electrons. The summed E-state index contributed by atoms with van der Waals surface area (Å²) < 4.78 is 5.16. The van der Waals surface area contributed by atoms with E-state index in [4.69, 9.17) is 9.52 Å². The molecule has 0 saturated carbocycles. The van der Waals surface area contributed by atoms with Crippen molar-refractivity contribution in [2.75, 3.05) is 5.32 Å². The Morgan fingerprint density at radius 3 is 2.52 bits per heavy atom. The van der Waals surface area contributed by atoms with E-state index in [0.717, 1.165) is 5.76 Å². The van der Waals surface area contributed by atoms with Crippen LogP contribution >= 0.6 is 0 Å². The van der Waals surface area contributed by atoms with Gasteiger partial charge in [0.1, 0.15) is 5.76 Å². The van der Waals surface area contributed by atoms with Crippen molar-refractivity contribution in [1.29, 1.82) is 0 Å². The van der Waals surface area contributed by atoms with E-state index >= 15 is 0 Å². The van der Waals surface area contributed by atoms with E-state index in [1.54, 1.807) is 43.5 Å². The number of carboxylic acid groups (broad SMARTS) is 1. The number of carboxylic acids is 1. The van der Waals surface area contributed by atoms with Crippen LogP contribution in [0.1, 0.15) is 30.6 Å². The quantitative estimate of drug-likeness (QED) is 0.855. The van der Waals surface area contributed by atoms with Gasteiger partial charge in [-0.05, 0) is 36.8 Å². The predicted molar refractivity (Wildman–Crippen MR) is 78.2 cm³/mol. The minimum Gasteiger partial charge on any atom is -0.481 e. The molecule has 0 bridgehead atoms. The lowest BCUT2D eigenvalue weighted by Gasteiger charge is -2.08. The molecule has 0 aliphatic carbocycles. The highest BCUT2D eigenvalue weighted by molar-refractivity contribution is 5.90. The molecular weight excluding hydrogens is 270 g/mol. The molecule has 1 aromatic heterocycles. The van der Waals surface area contributed by atoms with Gasteiger partial charge >= 0.3 is 5.97 Å². The highest BCUT2D eigenvalue weighted by Gasteiger charge is 2.13. The lowest BCUT2D eigenvalue weighted by Crippen LogP contribution is -2.12. The number of aliphatic carboxylic acids is 1. The summed E-state index contributed by atoms with van der Waals surface area (Å²) in [4.78, 5) is 22.7. The minimum absolute atomic E-state index is 0.106. The van der Waals surface area contributed by atoms with Crippen molar-refractivity contribution < 1.29 is 19.1 Å².